The van der Waals surface area contributed by atoms with Gasteiger partial charge in [-0.05, 0) is 18.9 Å². The lowest BCUT2D eigenvalue weighted by Gasteiger charge is -2.08. The molecule has 1 rings (SSSR count). The number of ether oxygens (including phenoxy) is 2. The van der Waals surface area contributed by atoms with E-state index in [1.807, 2.05) is 32.1 Å². The minimum absolute atomic E-state index is 0.136. The number of hydrogen-bond acceptors (Lipinski definition) is 5. The summed E-state index contributed by atoms with van der Waals surface area (Å²) in [5.74, 6) is -1.11. The van der Waals surface area contributed by atoms with Crippen LogP contribution in [0.4, 0.5) is 0 Å². The topological polar surface area (TPSA) is 65.7 Å². The standard InChI is InChI=1S/C15H18O5/c1-4-6-7-11(5-2)10-20-13-12(16)8-9-19-14(13)15(17)18-3/h5-9H,4,10H2,1-3H3/b7-6-,11-5+. The first-order valence-corrected chi connectivity index (χ1v) is 6.28. The molecular weight excluding hydrogens is 260 g/mol. The van der Waals surface area contributed by atoms with Crippen LogP contribution in [0.3, 0.4) is 0 Å². The molecule has 0 saturated carbocycles. The fraction of sp³-hybridized carbons (Fsp3) is 0.333. The Hall–Kier alpha value is -2.30. The summed E-state index contributed by atoms with van der Waals surface area (Å²) in [4.78, 5) is 23.3. The third-order valence-corrected chi connectivity index (χ3v) is 2.53. The third-order valence-electron chi connectivity index (χ3n) is 2.53. The number of allylic oxidation sites excluding steroid dienone is 2. The Balaban J connectivity index is 2.95. The van der Waals surface area contributed by atoms with E-state index in [4.69, 9.17) is 9.15 Å². The largest absolute Gasteiger partial charge is 0.481 e. The van der Waals surface area contributed by atoms with Crippen molar-refractivity contribution in [1.82, 2.24) is 0 Å². The predicted octanol–water partition coefficient (Wildman–Crippen LogP) is 2.72. The highest BCUT2D eigenvalue weighted by molar-refractivity contribution is 5.88. The van der Waals surface area contributed by atoms with E-state index in [1.54, 1.807) is 0 Å². The van der Waals surface area contributed by atoms with Crippen LogP contribution >= 0.6 is 0 Å². The Bertz CT molecular complexity index is 566. The van der Waals surface area contributed by atoms with Crippen LogP contribution in [-0.2, 0) is 4.74 Å². The molecule has 0 aromatic carbocycles. The van der Waals surface area contributed by atoms with E-state index in [0.717, 1.165) is 18.3 Å². The van der Waals surface area contributed by atoms with Crippen molar-refractivity contribution in [3.05, 3.63) is 52.1 Å². The molecule has 0 spiro atoms. The molecule has 0 aliphatic rings. The summed E-state index contributed by atoms with van der Waals surface area (Å²) in [6.45, 7) is 4.06. The minimum Gasteiger partial charge on any atom is -0.481 e. The normalized spacial score (nSPS) is 11.7. The van der Waals surface area contributed by atoms with Crippen LogP contribution in [0, 0.1) is 0 Å². The first-order valence-electron chi connectivity index (χ1n) is 6.28. The summed E-state index contributed by atoms with van der Waals surface area (Å²) in [5, 5.41) is 0. The second kappa shape index (κ2) is 7.99. The fourth-order valence-electron chi connectivity index (χ4n) is 1.43. The molecular formula is C15H18O5. The van der Waals surface area contributed by atoms with Crippen LogP contribution < -0.4 is 10.2 Å². The van der Waals surface area contributed by atoms with Gasteiger partial charge in [0.05, 0.1) is 13.4 Å². The van der Waals surface area contributed by atoms with Crippen molar-refractivity contribution in [3.63, 3.8) is 0 Å². The first kappa shape index (κ1) is 15.8. The van der Waals surface area contributed by atoms with Crippen LogP contribution in [0.2, 0.25) is 0 Å². The van der Waals surface area contributed by atoms with Crippen molar-refractivity contribution in [2.75, 3.05) is 13.7 Å². The molecule has 0 saturated heterocycles. The maximum Gasteiger partial charge on any atom is 0.378 e. The lowest BCUT2D eigenvalue weighted by molar-refractivity contribution is 0.0554. The number of carbonyl (C=O) groups excluding carboxylic acids is 1. The van der Waals surface area contributed by atoms with E-state index in [1.165, 1.54) is 13.2 Å². The van der Waals surface area contributed by atoms with Crippen molar-refractivity contribution in [2.45, 2.75) is 20.3 Å². The Morgan fingerprint density at radius 3 is 2.80 bits per heavy atom. The fourth-order valence-corrected chi connectivity index (χ4v) is 1.43. The lowest BCUT2D eigenvalue weighted by Crippen LogP contribution is -2.15. The summed E-state index contributed by atoms with van der Waals surface area (Å²) in [6, 6.07) is 1.19. The van der Waals surface area contributed by atoms with E-state index in [-0.39, 0.29) is 18.1 Å². The molecule has 5 nitrogen and oxygen atoms in total. The second-order valence-corrected chi connectivity index (χ2v) is 3.90. The van der Waals surface area contributed by atoms with E-state index in [9.17, 15) is 9.59 Å². The van der Waals surface area contributed by atoms with Crippen molar-refractivity contribution in [1.29, 1.82) is 0 Å². The van der Waals surface area contributed by atoms with Crippen molar-refractivity contribution in [3.8, 4) is 5.75 Å². The Morgan fingerprint density at radius 2 is 2.20 bits per heavy atom. The highest BCUT2D eigenvalue weighted by atomic mass is 16.5. The van der Waals surface area contributed by atoms with E-state index < -0.39 is 11.4 Å². The molecule has 1 heterocycles. The summed E-state index contributed by atoms with van der Waals surface area (Å²) >= 11 is 0. The molecule has 0 bridgehead atoms. The van der Waals surface area contributed by atoms with Crippen molar-refractivity contribution in [2.24, 2.45) is 0 Å². The molecule has 1 aromatic rings. The number of methoxy groups -OCH3 is 1. The van der Waals surface area contributed by atoms with Gasteiger partial charge in [-0.25, -0.2) is 4.79 Å². The summed E-state index contributed by atoms with van der Waals surface area (Å²) in [7, 11) is 1.21. The molecule has 1 aromatic heterocycles. The van der Waals surface area contributed by atoms with E-state index in [0.29, 0.717) is 0 Å². The third kappa shape index (κ3) is 4.12. The molecule has 0 atom stereocenters. The van der Waals surface area contributed by atoms with Gasteiger partial charge in [0.2, 0.25) is 11.2 Å². The van der Waals surface area contributed by atoms with Gasteiger partial charge < -0.3 is 13.9 Å². The first-order chi connectivity index (χ1) is 9.63. The molecule has 5 heteroatoms. The number of rotatable bonds is 6. The zero-order valence-corrected chi connectivity index (χ0v) is 11.8. The number of hydrogen-bond donors (Lipinski definition) is 0. The maximum absolute atomic E-state index is 11.7. The van der Waals surface area contributed by atoms with Crippen LogP contribution in [0.25, 0.3) is 0 Å². The van der Waals surface area contributed by atoms with E-state index >= 15 is 0 Å². The van der Waals surface area contributed by atoms with Gasteiger partial charge in [0.25, 0.3) is 5.76 Å². The summed E-state index contributed by atoms with van der Waals surface area (Å²) < 4.78 is 15.0. The highest BCUT2D eigenvalue weighted by Gasteiger charge is 2.19. The monoisotopic (exact) mass is 278 g/mol. The highest BCUT2D eigenvalue weighted by Crippen LogP contribution is 2.15. The summed E-state index contributed by atoms with van der Waals surface area (Å²) in [6.07, 6.45) is 7.79. The van der Waals surface area contributed by atoms with Crippen molar-refractivity contribution < 1.29 is 18.7 Å². The Labute approximate surface area is 117 Å². The molecule has 20 heavy (non-hydrogen) atoms. The van der Waals surface area contributed by atoms with E-state index in [2.05, 4.69) is 4.74 Å². The molecule has 108 valence electrons. The van der Waals surface area contributed by atoms with Gasteiger partial charge >= 0.3 is 5.97 Å². The zero-order chi connectivity index (χ0) is 15.0. The second-order valence-electron chi connectivity index (χ2n) is 3.90. The molecule has 0 N–H and O–H groups in total. The molecule has 0 unspecified atom stereocenters. The number of esters is 1. The van der Waals surface area contributed by atoms with Crippen LogP contribution in [0.15, 0.2) is 45.3 Å². The van der Waals surface area contributed by atoms with Crippen LogP contribution in [0.1, 0.15) is 30.8 Å². The van der Waals surface area contributed by atoms with Crippen molar-refractivity contribution >= 4 is 5.97 Å². The van der Waals surface area contributed by atoms with Crippen LogP contribution in [-0.4, -0.2) is 19.7 Å². The molecule has 0 aliphatic carbocycles. The quantitative estimate of drug-likeness (QED) is 0.591. The van der Waals surface area contributed by atoms with Crippen LogP contribution in [0.5, 0.6) is 5.75 Å². The molecule has 0 radical (unpaired) electrons. The lowest BCUT2D eigenvalue weighted by atomic mass is 10.2. The number of carbonyl (C=O) groups is 1. The molecule has 0 aliphatic heterocycles. The Kier molecular flexibility index (Phi) is 6.29. The van der Waals surface area contributed by atoms with Gasteiger partial charge in [-0.3, -0.25) is 4.79 Å². The van der Waals surface area contributed by atoms with Gasteiger partial charge in [-0.1, -0.05) is 25.2 Å². The predicted molar refractivity (Wildman–Crippen MR) is 75.0 cm³/mol. The SMILES string of the molecule is C/C=C(\C=C/CC)COc1c(C(=O)OC)occc1=O. The average Bonchev–Trinajstić information content (AvgIpc) is 2.47. The van der Waals surface area contributed by atoms with Gasteiger partial charge in [0.15, 0.2) is 0 Å². The van der Waals surface area contributed by atoms with Gasteiger partial charge in [0.1, 0.15) is 6.61 Å². The molecule has 0 fully saturated rings. The summed E-state index contributed by atoms with van der Waals surface area (Å²) in [5.41, 5.74) is 0.470. The average molecular weight is 278 g/mol. The molecule has 0 amide bonds. The smallest absolute Gasteiger partial charge is 0.378 e. The Morgan fingerprint density at radius 1 is 1.45 bits per heavy atom. The van der Waals surface area contributed by atoms with Gasteiger partial charge in [-0.2, -0.15) is 0 Å². The zero-order valence-electron chi connectivity index (χ0n) is 11.8. The van der Waals surface area contributed by atoms with Gasteiger partial charge in [-0.15, -0.1) is 0 Å². The van der Waals surface area contributed by atoms with Gasteiger partial charge in [0, 0.05) is 6.07 Å². The minimum atomic E-state index is -0.746. The maximum atomic E-state index is 11.7.